The van der Waals surface area contributed by atoms with Gasteiger partial charge in [-0.05, 0) is 401 Å². The highest BCUT2D eigenvalue weighted by Crippen LogP contribution is 2.40. The Morgan fingerprint density at radius 1 is 0.331 bits per heavy atom. The number of para-hydroxylation sites is 1. The molecule has 6 heterocycles. The molecule has 1 atom stereocenters. The van der Waals surface area contributed by atoms with Gasteiger partial charge in [0.15, 0.2) is 0 Å². The van der Waals surface area contributed by atoms with Crippen molar-refractivity contribution in [2.45, 2.75) is 506 Å². The lowest BCUT2D eigenvalue weighted by molar-refractivity contribution is -0.00389. The number of piperidine rings is 2. The number of rotatable bonds is 6. The number of nitrogens with zero attached hydrogens (tertiary/aromatic N) is 5. The number of hydrogen-bond donors (Lipinski definition) is 0. The minimum absolute atomic E-state index is 0.144. The standard InChI is InChI=1S/C13H19N.3C13H20O.C10H21N.C10H18.C9H19N.C9H18.C9H16.C8H17NO.C8H17N.C8H12S/c1-13(2,3)14-9-8-11-6-4-5-7-12(11)10-14;1-10(2)14-12-8-6-11(7-9-12)13(3,4)5;1-10(2)14-12-8-6-7-11(9-12)13(3,4)5;1-10(2)14-12-9-7-6-8-11(12)13(3,4)5;1-9-7-5-6-8-11(9)10(2,3)4;1-10(2,3)9-7-5-4-6-8-9;1-9(2,3)10-7-5-4-6-8-10;2*1-9(2,3)8-6-4-5-7-8;1-8(2,3)9-4-6-10-7-5-9;1-8(2,3)9-6-4-5-7-9;1-8(2,3)7-5-4-6-9-7/h4-7H,8-10H2,1-3H3;3*6-10H,1-5H3;9H,5-8H2,1-4H3;7H,4-6,8H2,1-3H3;4-8H2,1-3H3;8H,4-7H2,1-3H3;6H,4-5,7H2,1-3H3;4-7H2,1-3H3;4-7H2,1-3H3;4-6H,1-3H3. The maximum atomic E-state index is 5.77. The van der Waals surface area contributed by atoms with E-state index >= 15 is 0 Å². The zero-order valence-corrected chi connectivity index (χ0v) is 96.5. The summed E-state index contributed by atoms with van der Waals surface area (Å²) < 4.78 is 22.3. The molecule has 0 radical (unpaired) electrons. The molecular weight excluding hydrogens is 1640 g/mol. The number of likely N-dealkylation sites (tertiary alicyclic amines) is 3. The number of morpholine rings is 1. The minimum atomic E-state index is 0.144. The Morgan fingerprint density at radius 3 is 1.13 bits per heavy atom. The second-order valence-corrected chi connectivity index (χ2v) is 53.1. The molecule has 1 unspecified atom stereocenters. The zero-order chi connectivity index (χ0) is 101. The fraction of sp³-hybridized carbons (Fsp3) is 0.740. The highest BCUT2D eigenvalue weighted by Gasteiger charge is 2.32. The van der Waals surface area contributed by atoms with Gasteiger partial charge in [0.2, 0.25) is 0 Å². The fourth-order valence-electron chi connectivity index (χ4n) is 17.8. The van der Waals surface area contributed by atoms with Crippen molar-refractivity contribution >= 4 is 11.3 Å². The Kier molecular flexibility index (Phi) is 54.0. The van der Waals surface area contributed by atoms with E-state index in [9.17, 15) is 0 Å². The first kappa shape index (κ1) is 124. The predicted molar refractivity (Wildman–Crippen MR) is 593 cm³/mol. The topological polar surface area (TPSA) is 53.1 Å². The van der Waals surface area contributed by atoms with Crippen molar-refractivity contribution in [3.05, 3.63) is 171 Å². The van der Waals surface area contributed by atoms with Gasteiger partial charge in [-0.3, -0.25) is 24.5 Å². The molecule has 5 fully saturated rings. The number of thiophene rings is 1. The van der Waals surface area contributed by atoms with Crippen LogP contribution in [-0.2, 0) is 39.4 Å². The highest BCUT2D eigenvalue weighted by molar-refractivity contribution is 7.10. The summed E-state index contributed by atoms with van der Waals surface area (Å²) in [6.07, 6.45) is 33.4. The Balaban J connectivity index is 0.000000493. The smallest absolute Gasteiger partial charge is 0.123 e. The summed E-state index contributed by atoms with van der Waals surface area (Å²) >= 11 is 1.83. The fourth-order valence-corrected chi connectivity index (χ4v) is 18.6. The molecule has 1 aromatic heterocycles. The van der Waals surface area contributed by atoms with Crippen LogP contribution in [0.1, 0.15) is 452 Å². The molecule has 8 aliphatic rings. The second-order valence-electron chi connectivity index (χ2n) is 52.1. The number of ether oxygens (including phenoxy) is 4. The van der Waals surface area contributed by atoms with Crippen molar-refractivity contribution in [3.63, 3.8) is 0 Å². The number of hydrogen-bond acceptors (Lipinski definition) is 10. The van der Waals surface area contributed by atoms with Crippen LogP contribution in [0.2, 0.25) is 0 Å². The van der Waals surface area contributed by atoms with E-state index in [2.05, 4.69) is 391 Å². The van der Waals surface area contributed by atoms with Gasteiger partial charge in [0.1, 0.15) is 17.2 Å². The van der Waals surface area contributed by atoms with Crippen LogP contribution < -0.4 is 14.2 Å². The van der Waals surface area contributed by atoms with Gasteiger partial charge in [0.05, 0.1) is 31.5 Å². The quantitative estimate of drug-likeness (QED) is 0.155. The van der Waals surface area contributed by atoms with Crippen LogP contribution in [0.5, 0.6) is 17.2 Å². The molecule has 0 bridgehead atoms. The molecule has 5 aromatic rings. The van der Waals surface area contributed by atoms with Crippen molar-refractivity contribution in [1.29, 1.82) is 0 Å². The first-order valence-corrected chi connectivity index (χ1v) is 54.1. The Bertz CT molecular complexity index is 3850. The first-order chi connectivity index (χ1) is 61.0. The first-order valence-electron chi connectivity index (χ1n) is 53.2. The average molecular weight is 1860 g/mol. The van der Waals surface area contributed by atoms with E-state index in [4.69, 9.17) is 18.9 Å². The summed E-state index contributed by atoms with van der Waals surface area (Å²) in [6, 6.07) is 38.8. The third-order valence-corrected chi connectivity index (χ3v) is 27.7. The Hall–Kier alpha value is -4.78. The number of benzene rings is 4. The van der Waals surface area contributed by atoms with E-state index in [-0.39, 0.29) is 34.6 Å². The maximum Gasteiger partial charge on any atom is 0.123 e. The average Bonchev–Trinajstić information content (AvgIpc) is 1.11. The molecule has 0 spiro atoms. The molecule has 10 heteroatoms. The van der Waals surface area contributed by atoms with E-state index in [1.807, 2.05) is 69.4 Å². The molecule has 133 heavy (non-hydrogen) atoms. The molecule has 764 valence electrons. The minimum Gasteiger partial charge on any atom is -0.491 e. The van der Waals surface area contributed by atoms with Crippen LogP contribution in [0.15, 0.2) is 138 Å². The van der Waals surface area contributed by atoms with Crippen molar-refractivity contribution in [2.24, 2.45) is 22.2 Å². The van der Waals surface area contributed by atoms with Crippen LogP contribution in [0.25, 0.3) is 0 Å². The van der Waals surface area contributed by atoms with Crippen molar-refractivity contribution in [3.8, 4) is 17.2 Å². The van der Waals surface area contributed by atoms with E-state index in [1.165, 1.54) is 200 Å². The molecular formula is C123H217N5O4S. The van der Waals surface area contributed by atoms with Gasteiger partial charge in [-0.25, -0.2) is 0 Å². The number of fused-ring (bicyclic) bond motifs is 1. The largest absolute Gasteiger partial charge is 0.491 e. The third kappa shape index (κ3) is 53.4. The van der Waals surface area contributed by atoms with E-state index in [0.29, 0.717) is 49.4 Å². The monoisotopic (exact) mass is 1860 g/mol. The van der Waals surface area contributed by atoms with Crippen molar-refractivity contribution in [1.82, 2.24) is 24.5 Å². The zero-order valence-electron chi connectivity index (χ0n) is 95.7. The van der Waals surface area contributed by atoms with Gasteiger partial charge in [-0.1, -0.05) is 267 Å². The summed E-state index contributed by atoms with van der Waals surface area (Å²) in [6.45, 7) is 109. The molecule has 0 amide bonds. The summed E-state index contributed by atoms with van der Waals surface area (Å²) in [4.78, 5) is 14.2. The molecule has 1 saturated carbocycles. The third-order valence-electron chi connectivity index (χ3n) is 26.4. The van der Waals surface area contributed by atoms with Crippen LogP contribution in [0.3, 0.4) is 0 Å². The predicted octanol–water partition coefficient (Wildman–Crippen LogP) is 35.0. The van der Waals surface area contributed by atoms with E-state index in [1.54, 1.807) is 11.1 Å². The van der Waals surface area contributed by atoms with E-state index in [0.717, 1.165) is 62.1 Å². The molecule has 5 aliphatic heterocycles. The van der Waals surface area contributed by atoms with Crippen LogP contribution >= 0.6 is 11.3 Å². The van der Waals surface area contributed by atoms with Crippen LogP contribution in [0.4, 0.5) is 0 Å². The SMILES string of the molecule is CC(C)(C)C1=CCCC1.CC(C)(C)C1=CCCCC1.CC(C)(C)C1CCCC1.CC(C)(C)N1CCCC1.CC(C)(C)N1CCCCC1.CC(C)(C)N1CCOCC1.CC(C)(C)N1CCc2ccccc2C1.CC(C)(C)c1cccs1.CC(C)Oc1ccc(C(C)(C)C)cc1.CC(C)Oc1cccc(C(C)(C)C)c1.CC(C)Oc1ccccc1C(C)(C)C.CC1CCCCN1C(C)(C)C. The second kappa shape index (κ2) is 57.8. The van der Waals surface area contributed by atoms with Crippen molar-refractivity contribution < 1.29 is 18.9 Å². The lowest BCUT2D eigenvalue weighted by atomic mass is 9.80. The van der Waals surface area contributed by atoms with Crippen molar-refractivity contribution in [2.75, 3.05) is 65.6 Å². The van der Waals surface area contributed by atoms with Gasteiger partial charge < -0.3 is 18.9 Å². The lowest BCUT2D eigenvalue weighted by Gasteiger charge is -2.43. The van der Waals surface area contributed by atoms with Gasteiger partial charge in [-0.15, -0.1) is 11.3 Å². The Morgan fingerprint density at radius 2 is 0.767 bits per heavy atom. The molecule has 13 rings (SSSR count). The highest BCUT2D eigenvalue weighted by atomic mass is 32.1. The molecule has 0 N–H and O–H groups in total. The molecule has 3 aliphatic carbocycles. The summed E-state index contributed by atoms with van der Waals surface area (Å²) in [5.41, 5.74) is 14.5. The molecule has 4 aromatic carbocycles. The van der Waals surface area contributed by atoms with Gasteiger partial charge in [0.25, 0.3) is 0 Å². The normalized spacial score (nSPS) is 18.3. The maximum absolute atomic E-state index is 5.77. The van der Waals surface area contributed by atoms with Gasteiger partial charge in [-0.2, -0.15) is 0 Å². The summed E-state index contributed by atoms with van der Waals surface area (Å²) in [5.74, 6) is 3.94. The summed E-state index contributed by atoms with van der Waals surface area (Å²) in [5, 5.41) is 2.13. The van der Waals surface area contributed by atoms with Gasteiger partial charge >= 0.3 is 0 Å². The molecule has 4 saturated heterocycles. The van der Waals surface area contributed by atoms with Gasteiger partial charge in [0, 0.05) is 64.8 Å². The Labute approximate surface area is 831 Å². The molecule has 9 nitrogen and oxygen atoms in total. The van der Waals surface area contributed by atoms with E-state index < -0.39 is 0 Å². The number of allylic oxidation sites excluding steroid dienone is 4. The van der Waals surface area contributed by atoms with Crippen LogP contribution in [-0.4, -0.2) is 142 Å². The van der Waals surface area contributed by atoms with Crippen LogP contribution in [0, 0.1) is 22.2 Å². The summed E-state index contributed by atoms with van der Waals surface area (Å²) in [7, 11) is 0. The lowest BCUT2D eigenvalue weighted by Crippen LogP contribution is -2.49.